The molecule has 0 N–H and O–H groups in total. The van der Waals surface area contributed by atoms with Gasteiger partial charge in [0.25, 0.3) is 0 Å². The molecule has 0 unspecified atom stereocenters. The summed E-state index contributed by atoms with van der Waals surface area (Å²) in [6, 6.07) is 71.0. The van der Waals surface area contributed by atoms with Crippen LogP contribution < -0.4 is 4.90 Å². The third kappa shape index (κ3) is 5.28. The minimum atomic E-state index is 0.859. The van der Waals surface area contributed by atoms with E-state index in [0.29, 0.717) is 0 Å². The molecule has 9 aromatic carbocycles. The molecule has 0 aliphatic heterocycles. The highest BCUT2D eigenvalue weighted by Gasteiger charge is 2.21. The molecular weight excluding hydrogens is 671 g/mol. The molecule has 0 saturated carbocycles. The van der Waals surface area contributed by atoms with Gasteiger partial charge in [0.15, 0.2) is 0 Å². The van der Waals surface area contributed by atoms with Gasteiger partial charge in [0, 0.05) is 32.9 Å². The van der Waals surface area contributed by atoms with Crippen molar-refractivity contribution in [3.05, 3.63) is 200 Å². The Morgan fingerprint density at radius 2 is 0.909 bits per heavy atom. The summed E-state index contributed by atoms with van der Waals surface area (Å²) in [6.45, 7) is 0. The van der Waals surface area contributed by atoms with Crippen molar-refractivity contribution >= 4 is 71.7 Å². The number of anilines is 3. The Morgan fingerprint density at radius 3 is 1.73 bits per heavy atom. The first kappa shape index (κ1) is 31.2. The van der Waals surface area contributed by atoms with Crippen molar-refractivity contribution in [3.63, 3.8) is 0 Å². The van der Waals surface area contributed by atoms with Gasteiger partial charge >= 0.3 is 0 Å². The lowest BCUT2D eigenvalue weighted by atomic mass is 9.99. The van der Waals surface area contributed by atoms with Gasteiger partial charge in [0.1, 0.15) is 22.3 Å². The Bertz CT molecular complexity index is 3190. The highest BCUT2D eigenvalue weighted by Crippen LogP contribution is 2.45. The van der Waals surface area contributed by atoms with Crippen LogP contribution in [0.3, 0.4) is 0 Å². The number of para-hydroxylation sites is 1. The predicted molar refractivity (Wildman–Crippen MR) is 229 cm³/mol. The highest BCUT2D eigenvalue weighted by molar-refractivity contribution is 6.19. The molecule has 0 spiro atoms. The van der Waals surface area contributed by atoms with Crippen LogP contribution in [0.1, 0.15) is 0 Å². The van der Waals surface area contributed by atoms with E-state index < -0.39 is 0 Å². The minimum absolute atomic E-state index is 0.859. The van der Waals surface area contributed by atoms with E-state index in [1.54, 1.807) is 0 Å². The van der Waals surface area contributed by atoms with Crippen molar-refractivity contribution in [2.24, 2.45) is 0 Å². The second kappa shape index (κ2) is 12.6. The molecule has 0 aliphatic rings. The Labute approximate surface area is 317 Å². The molecule has 258 valence electrons. The van der Waals surface area contributed by atoms with E-state index in [1.807, 2.05) is 12.1 Å². The number of fused-ring (bicyclic) bond motifs is 8. The first-order chi connectivity index (χ1) is 27.2. The number of benzene rings is 9. The lowest BCUT2D eigenvalue weighted by Crippen LogP contribution is -2.10. The SMILES string of the molecule is c1ccc(-c2ccc(-c3ccc(N(c4cccc(-c5ccc6oc7ccccc7c6c5)c4)c4cccc5oc6c7ccccc7ccc6c45)cc3)cc2)cc1. The molecule has 3 heteroatoms. The highest BCUT2D eigenvalue weighted by atomic mass is 16.3. The smallest absolute Gasteiger partial charge is 0.143 e. The van der Waals surface area contributed by atoms with Gasteiger partial charge in [-0.05, 0) is 99.4 Å². The van der Waals surface area contributed by atoms with Gasteiger partial charge in [0.2, 0.25) is 0 Å². The quantitative estimate of drug-likeness (QED) is 0.173. The number of hydrogen-bond donors (Lipinski definition) is 0. The Kier molecular flexibility index (Phi) is 7.17. The lowest BCUT2D eigenvalue weighted by molar-refractivity contribution is 0.669. The van der Waals surface area contributed by atoms with E-state index >= 15 is 0 Å². The van der Waals surface area contributed by atoms with Crippen molar-refractivity contribution in [3.8, 4) is 33.4 Å². The second-order valence-electron chi connectivity index (χ2n) is 14.1. The van der Waals surface area contributed by atoms with Crippen LogP contribution in [0, 0.1) is 0 Å². The van der Waals surface area contributed by atoms with Gasteiger partial charge in [-0.2, -0.15) is 0 Å². The van der Waals surface area contributed by atoms with Crippen LogP contribution in [0.15, 0.2) is 209 Å². The standard InChI is InChI=1S/C52H33NO2/c1-2-10-34(11-3-1)35-20-22-36(23-21-35)37-24-28-41(29-25-37)53(47-17-9-19-50-51(47)45-30-26-38-12-4-5-15-43(38)52(45)55-50)42-14-8-13-39(32-42)40-27-31-49-46(33-40)44-16-6-7-18-48(44)54-49/h1-33H. The molecule has 55 heavy (non-hydrogen) atoms. The molecule has 11 rings (SSSR count). The second-order valence-corrected chi connectivity index (χ2v) is 14.1. The van der Waals surface area contributed by atoms with Crippen LogP contribution in [0.5, 0.6) is 0 Å². The largest absolute Gasteiger partial charge is 0.456 e. The summed E-state index contributed by atoms with van der Waals surface area (Å²) in [6.07, 6.45) is 0. The van der Waals surface area contributed by atoms with Crippen LogP contribution >= 0.6 is 0 Å². The first-order valence-corrected chi connectivity index (χ1v) is 18.7. The molecule has 0 saturated heterocycles. The molecule has 0 aliphatic carbocycles. The Balaban J connectivity index is 1.06. The van der Waals surface area contributed by atoms with Crippen LogP contribution in [0.2, 0.25) is 0 Å². The van der Waals surface area contributed by atoms with Crippen LogP contribution in [0.25, 0.3) is 88.0 Å². The molecule has 0 fully saturated rings. The van der Waals surface area contributed by atoms with E-state index in [0.717, 1.165) is 88.4 Å². The number of furan rings is 2. The fourth-order valence-electron chi connectivity index (χ4n) is 8.17. The molecule has 0 amide bonds. The van der Waals surface area contributed by atoms with Gasteiger partial charge in [-0.1, -0.05) is 140 Å². The van der Waals surface area contributed by atoms with Gasteiger partial charge in [0.05, 0.1) is 11.1 Å². The third-order valence-electron chi connectivity index (χ3n) is 10.9. The maximum Gasteiger partial charge on any atom is 0.143 e. The van der Waals surface area contributed by atoms with Gasteiger partial charge in [-0.15, -0.1) is 0 Å². The van der Waals surface area contributed by atoms with Crippen molar-refractivity contribution in [2.75, 3.05) is 4.90 Å². The van der Waals surface area contributed by atoms with Crippen molar-refractivity contribution in [1.29, 1.82) is 0 Å². The topological polar surface area (TPSA) is 29.5 Å². The van der Waals surface area contributed by atoms with Crippen molar-refractivity contribution < 1.29 is 8.83 Å². The zero-order valence-electron chi connectivity index (χ0n) is 29.8. The molecule has 11 aromatic rings. The molecule has 0 bridgehead atoms. The molecule has 2 aromatic heterocycles. The first-order valence-electron chi connectivity index (χ1n) is 18.7. The maximum atomic E-state index is 6.67. The van der Waals surface area contributed by atoms with E-state index in [1.165, 1.54) is 16.7 Å². The summed E-state index contributed by atoms with van der Waals surface area (Å²) in [4.78, 5) is 2.37. The molecule has 0 radical (unpaired) electrons. The van der Waals surface area contributed by atoms with E-state index in [4.69, 9.17) is 8.83 Å². The van der Waals surface area contributed by atoms with Gasteiger partial charge in [-0.25, -0.2) is 0 Å². The average Bonchev–Trinajstić information content (AvgIpc) is 3.84. The number of nitrogens with zero attached hydrogens (tertiary/aromatic N) is 1. The predicted octanol–water partition coefficient (Wildman–Crippen LogP) is 15.1. The van der Waals surface area contributed by atoms with Gasteiger partial charge in [-0.3, -0.25) is 0 Å². The summed E-state index contributed by atoms with van der Waals surface area (Å²) in [5.74, 6) is 0. The molecule has 2 heterocycles. The zero-order chi connectivity index (χ0) is 36.3. The monoisotopic (exact) mass is 703 g/mol. The molecule has 0 atom stereocenters. The maximum absolute atomic E-state index is 6.67. The Hall–Kier alpha value is -7.36. The minimum Gasteiger partial charge on any atom is -0.456 e. The van der Waals surface area contributed by atoms with Crippen LogP contribution in [-0.4, -0.2) is 0 Å². The normalized spacial score (nSPS) is 11.6. The van der Waals surface area contributed by atoms with Gasteiger partial charge < -0.3 is 13.7 Å². The molecule has 3 nitrogen and oxygen atoms in total. The van der Waals surface area contributed by atoms with Crippen molar-refractivity contribution in [2.45, 2.75) is 0 Å². The lowest BCUT2D eigenvalue weighted by Gasteiger charge is -2.27. The fraction of sp³-hybridized carbons (Fsp3) is 0. The zero-order valence-corrected chi connectivity index (χ0v) is 29.8. The van der Waals surface area contributed by atoms with Crippen molar-refractivity contribution in [1.82, 2.24) is 0 Å². The molecular formula is C52H33NO2. The van der Waals surface area contributed by atoms with E-state index in [2.05, 4.69) is 193 Å². The fourth-order valence-corrected chi connectivity index (χ4v) is 8.17. The number of rotatable bonds is 6. The summed E-state index contributed by atoms with van der Waals surface area (Å²) >= 11 is 0. The third-order valence-corrected chi connectivity index (χ3v) is 10.9. The van der Waals surface area contributed by atoms with E-state index in [-0.39, 0.29) is 0 Å². The Morgan fingerprint density at radius 1 is 0.309 bits per heavy atom. The van der Waals surface area contributed by atoms with Crippen LogP contribution in [0.4, 0.5) is 17.1 Å². The van der Waals surface area contributed by atoms with Crippen LogP contribution in [-0.2, 0) is 0 Å². The summed E-state index contributed by atoms with van der Waals surface area (Å²) in [5.41, 5.74) is 13.7. The van der Waals surface area contributed by atoms with E-state index in [9.17, 15) is 0 Å². The summed E-state index contributed by atoms with van der Waals surface area (Å²) in [5, 5.41) is 6.69. The summed E-state index contributed by atoms with van der Waals surface area (Å²) < 4.78 is 12.8. The number of hydrogen-bond acceptors (Lipinski definition) is 3. The average molecular weight is 704 g/mol. The summed E-state index contributed by atoms with van der Waals surface area (Å²) in [7, 11) is 0.